The summed E-state index contributed by atoms with van der Waals surface area (Å²) in [5.41, 5.74) is 0.853. The van der Waals surface area contributed by atoms with Gasteiger partial charge in [-0.05, 0) is 32.1 Å². The number of hydrogen-bond acceptors (Lipinski definition) is 5. The Kier molecular flexibility index (Phi) is 4.30. The van der Waals surface area contributed by atoms with Gasteiger partial charge in [-0.2, -0.15) is 0 Å². The number of carbonyl (C=O) groups is 3. The zero-order chi connectivity index (χ0) is 15.6. The summed E-state index contributed by atoms with van der Waals surface area (Å²) in [6.07, 6.45) is 5.98. The molecule has 5 nitrogen and oxygen atoms in total. The van der Waals surface area contributed by atoms with E-state index in [1.807, 2.05) is 19.1 Å². The van der Waals surface area contributed by atoms with Crippen molar-refractivity contribution in [3.63, 3.8) is 0 Å². The summed E-state index contributed by atoms with van der Waals surface area (Å²) in [6, 6.07) is 0. The minimum Gasteiger partial charge on any atom is -0.468 e. The predicted octanol–water partition coefficient (Wildman–Crippen LogP) is 1.82. The third-order valence-corrected chi connectivity index (χ3v) is 4.52. The van der Waals surface area contributed by atoms with Gasteiger partial charge in [0.1, 0.15) is 6.29 Å². The van der Waals surface area contributed by atoms with E-state index in [9.17, 15) is 14.4 Å². The fraction of sp³-hybridized carbons (Fsp3) is 0.562. The molecule has 1 saturated carbocycles. The number of rotatable bonds is 3. The average Bonchev–Trinajstić information content (AvgIpc) is 2.84. The Morgan fingerprint density at radius 1 is 1.24 bits per heavy atom. The first-order chi connectivity index (χ1) is 9.98. The van der Waals surface area contributed by atoms with E-state index in [1.165, 1.54) is 14.2 Å². The quantitative estimate of drug-likeness (QED) is 0.343. The summed E-state index contributed by atoms with van der Waals surface area (Å²) < 4.78 is 9.67. The molecule has 0 aliphatic heterocycles. The highest BCUT2D eigenvalue weighted by atomic mass is 16.5. The molecule has 0 aromatic rings. The van der Waals surface area contributed by atoms with Crippen molar-refractivity contribution in [2.75, 3.05) is 14.2 Å². The molecule has 1 fully saturated rings. The Morgan fingerprint density at radius 2 is 1.86 bits per heavy atom. The van der Waals surface area contributed by atoms with Crippen molar-refractivity contribution in [2.24, 2.45) is 17.3 Å². The summed E-state index contributed by atoms with van der Waals surface area (Å²) in [5.74, 6) is -1.26. The van der Waals surface area contributed by atoms with Crippen molar-refractivity contribution < 1.29 is 23.9 Å². The molecule has 0 heterocycles. The number of allylic oxidation sites excluding steroid dienone is 4. The van der Waals surface area contributed by atoms with Crippen molar-refractivity contribution in [3.8, 4) is 0 Å². The number of ether oxygens (including phenoxy) is 2. The van der Waals surface area contributed by atoms with E-state index < -0.39 is 17.4 Å². The van der Waals surface area contributed by atoms with Crippen LogP contribution >= 0.6 is 0 Å². The second-order valence-electron chi connectivity index (χ2n) is 5.75. The van der Waals surface area contributed by atoms with E-state index in [1.54, 1.807) is 0 Å². The van der Waals surface area contributed by atoms with Gasteiger partial charge in [-0.15, -0.1) is 0 Å². The highest BCUT2D eigenvalue weighted by Gasteiger charge is 2.55. The monoisotopic (exact) mass is 292 g/mol. The third-order valence-electron chi connectivity index (χ3n) is 4.52. The van der Waals surface area contributed by atoms with Gasteiger partial charge in [0, 0.05) is 5.92 Å². The lowest BCUT2D eigenvalue weighted by Crippen LogP contribution is -2.39. The van der Waals surface area contributed by atoms with Crippen LogP contribution in [0.25, 0.3) is 0 Å². The summed E-state index contributed by atoms with van der Waals surface area (Å²) in [7, 11) is 2.56. The van der Waals surface area contributed by atoms with E-state index in [4.69, 9.17) is 9.47 Å². The zero-order valence-electron chi connectivity index (χ0n) is 12.5. The largest absolute Gasteiger partial charge is 0.468 e. The summed E-state index contributed by atoms with van der Waals surface area (Å²) in [6.45, 7) is 1.95. The van der Waals surface area contributed by atoms with Crippen LogP contribution in [-0.4, -0.2) is 32.4 Å². The molecule has 0 saturated heterocycles. The second-order valence-corrected chi connectivity index (χ2v) is 5.75. The molecule has 114 valence electrons. The van der Waals surface area contributed by atoms with Gasteiger partial charge < -0.3 is 14.3 Å². The minimum atomic E-state index is -1.26. The molecule has 0 unspecified atom stereocenters. The van der Waals surface area contributed by atoms with E-state index in [2.05, 4.69) is 0 Å². The minimum absolute atomic E-state index is 0.0202. The third kappa shape index (κ3) is 2.52. The Bertz CT molecular complexity index is 513. The lowest BCUT2D eigenvalue weighted by Gasteiger charge is -2.22. The lowest BCUT2D eigenvalue weighted by atomic mass is 9.84. The fourth-order valence-corrected chi connectivity index (χ4v) is 3.39. The molecule has 2 atom stereocenters. The van der Waals surface area contributed by atoms with Gasteiger partial charge in [-0.1, -0.05) is 23.3 Å². The highest BCUT2D eigenvalue weighted by molar-refractivity contribution is 6.01. The molecule has 0 radical (unpaired) electrons. The van der Waals surface area contributed by atoms with Gasteiger partial charge in [0.25, 0.3) is 0 Å². The normalized spacial score (nSPS) is 26.8. The molecule has 0 bridgehead atoms. The Labute approximate surface area is 124 Å². The number of methoxy groups -OCH3 is 2. The van der Waals surface area contributed by atoms with E-state index in [0.717, 1.165) is 17.4 Å². The van der Waals surface area contributed by atoms with Crippen LogP contribution in [0, 0.1) is 17.3 Å². The molecule has 0 aromatic heterocycles. The Balaban J connectivity index is 2.41. The van der Waals surface area contributed by atoms with Crippen LogP contribution in [0.4, 0.5) is 0 Å². The molecular formula is C16H20O5. The van der Waals surface area contributed by atoms with Crippen LogP contribution in [0.1, 0.15) is 26.2 Å². The maximum absolute atomic E-state index is 12.2. The Hall–Kier alpha value is -1.91. The lowest BCUT2D eigenvalue weighted by molar-refractivity contribution is -0.168. The van der Waals surface area contributed by atoms with Crippen molar-refractivity contribution in [1.82, 2.24) is 0 Å². The van der Waals surface area contributed by atoms with Crippen molar-refractivity contribution in [3.05, 3.63) is 23.3 Å². The average molecular weight is 292 g/mol. The van der Waals surface area contributed by atoms with Crippen LogP contribution in [0.2, 0.25) is 0 Å². The molecule has 0 amide bonds. The second kappa shape index (κ2) is 5.84. The molecule has 0 aromatic carbocycles. The standard InChI is InChI=1S/C16H20O5/c1-10-6-11(9-17)4-5-12-7-16(8-13(10)12,14(18)20-2)15(19)21-3/h4-5,9,11-12H,6-8H2,1-3H3/t11-,12-/m0/s1. The van der Waals surface area contributed by atoms with Gasteiger partial charge in [0.15, 0.2) is 5.41 Å². The predicted molar refractivity (Wildman–Crippen MR) is 75.2 cm³/mol. The number of hydrogen-bond donors (Lipinski definition) is 0. The number of aldehydes is 1. The van der Waals surface area contributed by atoms with Crippen molar-refractivity contribution in [2.45, 2.75) is 26.2 Å². The fourth-order valence-electron chi connectivity index (χ4n) is 3.39. The Morgan fingerprint density at radius 3 is 2.38 bits per heavy atom. The summed E-state index contributed by atoms with van der Waals surface area (Å²) >= 11 is 0. The maximum atomic E-state index is 12.2. The molecule has 2 aliphatic carbocycles. The molecule has 21 heavy (non-hydrogen) atoms. The topological polar surface area (TPSA) is 69.7 Å². The van der Waals surface area contributed by atoms with Crippen LogP contribution in [0.15, 0.2) is 23.3 Å². The van der Waals surface area contributed by atoms with Gasteiger partial charge in [-0.3, -0.25) is 9.59 Å². The van der Waals surface area contributed by atoms with Crippen LogP contribution < -0.4 is 0 Å². The first-order valence-corrected chi connectivity index (χ1v) is 6.97. The SMILES string of the molecule is COC(=O)C1(C(=O)OC)CC2=C(C)C[C@@H](C=O)C=C[C@H]2C1. The van der Waals surface area contributed by atoms with Crippen molar-refractivity contribution >= 4 is 18.2 Å². The first kappa shape index (κ1) is 15.5. The maximum Gasteiger partial charge on any atom is 0.323 e. The number of esters is 2. The van der Waals surface area contributed by atoms with E-state index in [-0.39, 0.29) is 11.8 Å². The van der Waals surface area contributed by atoms with Crippen LogP contribution in [0.3, 0.4) is 0 Å². The van der Waals surface area contributed by atoms with E-state index >= 15 is 0 Å². The van der Waals surface area contributed by atoms with Gasteiger partial charge in [-0.25, -0.2) is 0 Å². The highest BCUT2D eigenvalue weighted by Crippen LogP contribution is 2.50. The summed E-state index contributed by atoms with van der Waals surface area (Å²) in [4.78, 5) is 35.3. The van der Waals surface area contributed by atoms with Gasteiger partial charge >= 0.3 is 11.9 Å². The molecule has 0 spiro atoms. The van der Waals surface area contributed by atoms with Crippen molar-refractivity contribution in [1.29, 1.82) is 0 Å². The smallest absolute Gasteiger partial charge is 0.323 e. The molecule has 2 rings (SSSR count). The zero-order valence-corrected chi connectivity index (χ0v) is 12.5. The van der Waals surface area contributed by atoms with E-state index in [0.29, 0.717) is 19.3 Å². The number of carbonyl (C=O) groups excluding carboxylic acids is 3. The van der Waals surface area contributed by atoms with Crippen LogP contribution in [0.5, 0.6) is 0 Å². The molecule has 5 heteroatoms. The first-order valence-electron chi connectivity index (χ1n) is 6.97. The number of fused-ring (bicyclic) bond motifs is 1. The molecule has 0 N–H and O–H groups in total. The van der Waals surface area contributed by atoms with Gasteiger partial charge in [0.2, 0.25) is 0 Å². The van der Waals surface area contributed by atoms with Crippen LogP contribution in [-0.2, 0) is 23.9 Å². The molecule has 2 aliphatic rings. The van der Waals surface area contributed by atoms with Gasteiger partial charge in [0.05, 0.1) is 14.2 Å². The summed E-state index contributed by atoms with van der Waals surface area (Å²) in [5, 5.41) is 0. The molecular weight excluding hydrogens is 272 g/mol.